The fourth-order valence-corrected chi connectivity index (χ4v) is 2.50. The highest BCUT2D eigenvalue weighted by molar-refractivity contribution is 5.88. The van der Waals surface area contributed by atoms with Gasteiger partial charge in [0, 0.05) is 31.7 Å². The zero-order valence-corrected chi connectivity index (χ0v) is 13.5. The summed E-state index contributed by atoms with van der Waals surface area (Å²) in [4.78, 5) is 11.2. The molecule has 0 aliphatic rings. The summed E-state index contributed by atoms with van der Waals surface area (Å²) in [5.41, 5.74) is 2.29. The van der Waals surface area contributed by atoms with Crippen LogP contribution >= 0.6 is 0 Å². The Morgan fingerprint density at radius 1 is 1.22 bits per heavy atom. The van der Waals surface area contributed by atoms with E-state index in [2.05, 4.69) is 5.32 Å². The summed E-state index contributed by atoms with van der Waals surface area (Å²) in [5.74, 6) is 0.762. The van der Waals surface area contributed by atoms with Crippen molar-refractivity contribution in [1.29, 1.82) is 0 Å². The van der Waals surface area contributed by atoms with Gasteiger partial charge in [-0.05, 0) is 29.8 Å². The summed E-state index contributed by atoms with van der Waals surface area (Å²) in [7, 11) is 3.19. The van der Waals surface area contributed by atoms with Gasteiger partial charge in [-0.1, -0.05) is 18.2 Å². The van der Waals surface area contributed by atoms with Crippen LogP contribution in [0.3, 0.4) is 0 Å². The van der Waals surface area contributed by atoms with Gasteiger partial charge in [0.25, 0.3) is 0 Å². The van der Waals surface area contributed by atoms with Gasteiger partial charge in [0.15, 0.2) is 0 Å². The molecule has 0 aliphatic carbocycles. The van der Waals surface area contributed by atoms with Crippen molar-refractivity contribution in [2.24, 2.45) is 0 Å². The summed E-state index contributed by atoms with van der Waals surface area (Å²) < 4.78 is 10.9. The minimum Gasteiger partial charge on any atom is -0.508 e. The number of carbonyl (C=O) groups excluding carboxylic acids is 1. The van der Waals surface area contributed by atoms with Crippen LogP contribution in [0.5, 0.6) is 11.5 Å². The molecular formula is C18H21NO4. The quantitative estimate of drug-likeness (QED) is 0.858. The third-order valence-corrected chi connectivity index (χ3v) is 3.57. The highest BCUT2D eigenvalue weighted by atomic mass is 16.5. The van der Waals surface area contributed by atoms with Crippen LogP contribution in [0.1, 0.15) is 24.2 Å². The summed E-state index contributed by atoms with van der Waals surface area (Å²) in [6.07, 6.45) is 0.183. The van der Waals surface area contributed by atoms with Gasteiger partial charge < -0.3 is 19.9 Å². The number of carbonyl (C=O) groups is 1. The lowest BCUT2D eigenvalue weighted by Crippen LogP contribution is -2.09. The lowest BCUT2D eigenvalue weighted by Gasteiger charge is -2.19. The number of amides is 1. The zero-order chi connectivity index (χ0) is 16.8. The van der Waals surface area contributed by atoms with Gasteiger partial charge in [-0.2, -0.15) is 0 Å². The second kappa shape index (κ2) is 7.65. The largest absolute Gasteiger partial charge is 0.508 e. The molecule has 0 aliphatic heterocycles. The number of aromatic hydroxyl groups is 1. The van der Waals surface area contributed by atoms with Crippen molar-refractivity contribution in [2.75, 3.05) is 19.5 Å². The van der Waals surface area contributed by atoms with Gasteiger partial charge in [-0.15, -0.1) is 0 Å². The van der Waals surface area contributed by atoms with E-state index in [1.54, 1.807) is 38.5 Å². The van der Waals surface area contributed by atoms with E-state index in [-0.39, 0.29) is 17.8 Å². The van der Waals surface area contributed by atoms with Crippen LogP contribution < -0.4 is 10.1 Å². The molecule has 0 bridgehead atoms. The maximum atomic E-state index is 11.2. The SMILES string of the molecule is COc1ccc(NC(C)=O)cc1CC(OC)c1ccccc1O. The van der Waals surface area contributed by atoms with E-state index in [4.69, 9.17) is 9.47 Å². The fourth-order valence-electron chi connectivity index (χ4n) is 2.50. The van der Waals surface area contributed by atoms with Gasteiger partial charge in [0.05, 0.1) is 13.2 Å². The molecule has 2 aromatic rings. The molecule has 5 heteroatoms. The fraction of sp³-hybridized carbons (Fsp3) is 0.278. The van der Waals surface area contributed by atoms with Gasteiger partial charge in [0.1, 0.15) is 11.5 Å². The van der Waals surface area contributed by atoms with E-state index >= 15 is 0 Å². The number of anilines is 1. The van der Waals surface area contributed by atoms with E-state index in [1.165, 1.54) is 6.92 Å². The van der Waals surface area contributed by atoms with Gasteiger partial charge >= 0.3 is 0 Å². The molecule has 0 radical (unpaired) electrons. The lowest BCUT2D eigenvalue weighted by molar-refractivity contribution is -0.114. The minimum atomic E-state index is -0.322. The van der Waals surface area contributed by atoms with E-state index in [1.807, 2.05) is 18.2 Å². The van der Waals surface area contributed by atoms with Crippen molar-refractivity contribution in [2.45, 2.75) is 19.4 Å². The molecule has 1 unspecified atom stereocenters. The Morgan fingerprint density at radius 3 is 2.57 bits per heavy atom. The third-order valence-electron chi connectivity index (χ3n) is 3.57. The van der Waals surface area contributed by atoms with Crippen molar-refractivity contribution in [3.8, 4) is 11.5 Å². The monoisotopic (exact) mass is 315 g/mol. The number of para-hydroxylation sites is 1. The zero-order valence-electron chi connectivity index (χ0n) is 13.5. The van der Waals surface area contributed by atoms with E-state index < -0.39 is 0 Å². The van der Waals surface area contributed by atoms with Crippen LogP contribution in [-0.4, -0.2) is 25.2 Å². The Bertz CT molecular complexity index is 684. The number of benzene rings is 2. The maximum absolute atomic E-state index is 11.2. The van der Waals surface area contributed by atoms with E-state index in [9.17, 15) is 9.90 Å². The van der Waals surface area contributed by atoms with Crippen molar-refractivity contribution in [3.63, 3.8) is 0 Å². The van der Waals surface area contributed by atoms with Gasteiger partial charge in [-0.25, -0.2) is 0 Å². The second-order valence-electron chi connectivity index (χ2n) is 5.20. The number of methoxy groups -OCH3 is 2. The molecule has 2 N–H and O–H groups in total. The van der Waals surface area contributed by atoms with Crippen molar-refractivity contribution in [1.82, 2.24) is 0 Å². The molecule has 5 nitrogen and oxygen atoms in total. The number of phenols is 1. The van der Waals surface area contributed by atoms with E-state index in [0.29, 0.717) is 23.4 Å². The Morgan fingerprint density at radius 2 is 1.96 bits per heavy atom. The first kappa shape index (κ1) is 16.8. The van der Waals surface area contributed by atoms with Crippen LogP contribution in [0, 0.1) is 0 Å². The minimum absolute atomic E-state index is 0.134. The molecule has 0 aromatic heterocycles. The van der Waals surface area contributed by atoms with Gasteiger partial charge in [0.2, 0.25) is 5.91 Å². The Labute approximate surface area is 135 Å². The van der Waals surface area contributed by atoms with Crippen LogP contribution in [-0.2, 0) is 16.0 Å². The first-order valence-corrected chi connectivity index (χ1v) is 7.30. The van der Waals surface area contributed by atoms with Crippen molar-refractivity contribution in [3.05, 3.63) is 53.6 Å². The Hall–Kier alpha value is -2.53. The summed E-state index contributed by atoms with van der Waals surface area (Å²) >= 11 is 0. The molecule has 23 heavy (non-hydrogen) atoms. The number of ether oxygens (including phenoxy) is 2. The van der Waals surface area contributed by atoms with Crippen LogP contribution in [0.4, 0.5) is 5.69 Å². The van der Waals surface area contributed by atoms with Crippen LogP contribution in [0.15, 0.2) is 42.5 Å². The molecule has 0 saturated heterocycles. The first-order chi connectivity index (χ1) is 11.0. The second-order valence-corrected chi connectivity index (χ2v) is 5.20. The predicted octanol–water partition coefficient (Wildman–Crippen LogP) is 3.29. The molecule has 2 aromatic carbocycles. The molecule has 2 rings (SSSR count). The highest BCUT2D eigenvalue weighted by Crippen LogP contribution is 2.32. The predicted molar refractivity (Wildman–Crippen MR) is 88.9 cm³/mol. The van der Waals surface area contributed by atoms with Crippen LogP contribution in [0.2, 0.25) is 0 Å². The summed E-state index contributed by atoms with van der Waals surface area (Å²) in [5, 5.41) is 12.8. The maximum Gasteiger partial charge on any atom is 0.221 e. The van der Waals surface area contributed by atoms with Crippen molar-refractivity contribution < 1.29 is 19.4 Å². The Kier molecular flexibility index (Phi) is 5.60. The molecule has 1 atom stereocenters. The number of hydrogen-bond acceptors (Lipinski definition) is 4. The number of rotatable bonds is 6. The molecule has 0 fully saturated rings. The normalized spacial score (nSPS) is 11.8. The first-order valence-electron chi connectivity index (χ1n) is 7.30. The number of nitrogens with one attached hydrogen (secondary N) is 1. The average Bonchev–Trinajstić information content (AvgIpc) is 2.53. The summed E-state index contributed by atoms with van der Waals surface area (Å²) in [6.45, 7) is 1.46. The topological polar surface area (TPSA) is 67.8 Å². The summed E-state index contributed by atoms with van der Waals surface area (Å²) in [6, 6.07) is 12.5. The standard InChI is InChI=1S/C18H21NO4/c1-12(20)19-14-8-9-17(22-2)13(10-14)11-18(23-3)15-6-4-5-7-16(15)21/h4-10,18,21H,11H2,1-3H3,(H,19,20). The van der Waals surface area contributed by atoms with Gasteiger partial charge in [-0.3, -0.25) is 4.79 Å². The van der Waals surface area contributed by atoms with Crippen LogP contribution in [0.25, 0.3) is 0 Å². The lowest BCUT2D eigenvalue weighted by atomic mass is 9.99. The number of hydrogen-bond donors (Lipinski definition) is 2. The highest BCUT2D eigenvalue weighted by Gasteiger charge is 2.18. The Balaban J connectivity index is 2.32. The molecule has 0 spiro atoms. The molecule has 1 amide bonds. The number of phenolic OH excluding ortho intramolecular Hbond substituents is 1. The smallest absolute Gasteiger partial charge is 0.221 e. The molecule has 0 saturated carbocycles. The molecular weight excluding hydrogens is 294 g/mol. The average molecular weight is 315 g/mol. The third kappa shape index (κ3) is 4.23. The van der Waals surface area contributed by atoms with E-state index in [0.717, 1.165) is 5.56 Å². The van der Waals surface area contributed by atoms with Crippen molar-refractivity contribution >= 4 is 11.6 Å². The molecule has 0 heterocycles. The molecule has 122 valence electrons.